The summed E-state index contributed by atoms with van der Waals surface area (Å²) in [5.74, 6) is 0.803. The predicted molar refractivity (Wildman–Crippen MR) is 68.5 cm³/mol. The third-order valence-electron chi connectivity index (χ3n) is 3.16. The first-order valence-electron chi connectivity index (χ1n) is 6.67. The Hall–Kier alpha value is -0.370. The molecule has 0 bridgehead atoms. The minimum absolute atomic E-state index is 0.316. The molecule has 0 N–H and O–H groups in total. The van der Waals surface area contributed by atoms with Gasteiger partial charge in [-0.15, -0.1) is 0 Å². The third kappa shape index (κ3) is 4.65. The maximum Gasteiger partial charge on any atom is 0.137 e. The third-order valence-corrected chi connectivity index (χ3v) is 3.16. The zero-order valence-electron chi connectivity index (χ0n) is 11.4. The molecule has 1 heterocycles. The maximum atomic E-state index is 11.9. The summed E-state index contributed by atoms with van der Waals surface area (Å²) < 4.78 is 0. The van der Waals surface area contributed by atoms with Gasteiger partial charge in [-0.2, -0.15) is 0 Å². The van der Waals surface area contributed by atoms with Gasteiger partial charge in [0, 0.05) is 25.4 Å². The molecule has 2 nitrogen and oxygen atoms in total. The zero-order chi connectivity index (χ0) is 12.2. The largest absolute Gasteiger partial charge is 0.302 e. The molecule has 0 aromatic carbocycles. The molecule has 1 aliphatic rings. The lowest BCUT2D eigenvalue weighted by Crippen LogP contribution is -2.42. The Labute approximate surface area is 100 Å². The monoisotopic (exact) mass is 225 g/mol. The van der Waals surface area contributed by atoms with E-state index in [1.807, 2.05) is 0 Å². The van der Waals surface area contributed by atoms with Crippen LogP contribution in [-0.2, 0) is 4.79 Å². The molecular weight excluding hydrogens is 198 g/mol. The second-order valence-corrected chi connectivity index (χ2v) is 6.35. The van der Waals surface area contributed by atoms with Crippen LogP contribution in [0.3, 0.4) is 0 Å². The van der Waals surface area contributed by atoms with Crippen molar-refractivity contribution in [1.29, 1.82) is 0 Å². The van der Waals surface area contributed by atoms with Gasteiger partial charge in [-0.3, -0.25) is 4.79 Å². The van der Waals surface area contributed by atoms with E-state index in [1.54, 1.807) is 0 Å². The Balaban J connectivity index is 2.44. The number of hydrogen-bond acceptors (Lipinski definition) is 2. The summed E-state index contributed by atoms with van der Waals surface area (Å²) in [6.45, 7) is 12.2. The lowest BCUT2D eigenvalue weighted by Gasteiger charge is -2.36. The van der Waals surface area contributed by atoms with Gasteiger partial charge in [0.1, 0.15) is 5.78 Å². The first-order chi connectivity index (χ1) is 7.42. The van der Waals surface area contributed by atoms with E-state index in [9.17, 15) is 4.79 Å². The second kappa shape index (κ2) is 5.81. The molecule has 1 saturated heterocycles. The normalized spacial score (nSPS) is 23.4. The van der Waals surface area contributed by atoms with Gasteiger partial charge in [0.25, 0.3) is 0 Å². The molecule has 1 rings (SSSR count). The van der Waals surface area contributed by atoms with Crippen molar-refractivity contribution in [2.75, 3.05) is 19.6 Å². The topological polar surface area (TPSA) is 20.3 Å². The molecule has 16 heavy (non-hydrogen) atoms. The number of nitrogens with zero attached hydrogens (tertiary/aromatic N) is 1. The van der Waals surface area contributed by atoms with Crippen LogP contribution in [0.15, 0.2) is 0 Å². The number of hydrogen-bond donors (Lipinski definition) is 0. The van der Waals surface area contributed by atoms with Gasteiger partial charge in [-0.05, 0) is 31.2 Å². The van der Waals surface area contributed by atoms with E-state index >= 15 is 0 Å². The molecule has 2 heteroatoms. The molecule has 0 aliphatic carbocycles. The molecule has 1 aliphatic heterocycles. The van der Waals surface area contributed by atoms with Crippen LogP contribution >= 0.6 is 0 Å². The fourth-order valence-electron chi connectivity index (χ4n) is 2.58. The van der Waals surface area contributed by atoms with Gasteiger partial charge in [0.05, 0.1) is 0 Å². The van der Waals surface area contributed by atoms with Crippen LogP contribution < -0.4 is 0 Å². The molecule has 0 saturated carbocycles. The number of Topliss-reactive ketones (excluding diaryl/α,β-unsaturated/α-hetero) is 1. The smallest absolute Gasteiger partial charge is 0.137 e. The van der Waals surface area contributed by atoms with Crippen LogP contribution in [0.5, 0.6) is 0 Å². The van der Waals surface area contributed by atoms with Crippen LogP contribution in [0.25, 0.3) is 0 Å². The van der Waals surface area contributed by atoms with Crippen LogP contribution in [0.2, 0.25) is 0 Å². The van der Waals surface area contributed by atoms with E-state index in [1.165, 1.54) is 13.0 Å². The van der Waals surface area contributed by atoms with Crippen molar-refractivity contribution >= 4 is 5.78 Å². The van der Waals surface area contributed by atoms with Gasteiger partial charge >= 0.3 is 0 Å². The minimum Gasteiger partial charge on any atom is -0.302 e. The van der Waals surface area contributed by atoms with Crippen LogP contribution in [-0.4, -0.2) is 30.3 Å². The Morgan fingerprint density at radius 2 is 2.06 bits per heavy atom. The SMILES string of the molecule is CCCC(=O)C1CCCN(CC(C)(C)C)C1. The Kier molecular flexibility index (Phi) is 4.97. The summed E-state index contributed by atoms with van der Waals surface area (Å²) in [5, 5.41) is 0. The van der Waals surface area contributed by atoms with Crippen molar-refractivity contribution in [3.63, 3.8) is 0 Å². The fraction of sp³-hybridized carbons (Fsp3) is 0.929. The second-order valence-electron chi connectivity index (χ2n) is 6.35. The molecule has 0 aromatic heterocycles. The molecule has 1 fully saturated rings. The summed E-state index contributed by atoms with van der Waals surface area (Å²) in [5.41, 5.74) is 0.343. The lowest BCUT2D eigenvalue weighted by atomic mass is 9.89. The molecular formula is C14H27NO. The number of ketones is 1. The summed E-state index contributed by atoms with van der Waals surface area (Å²) in [7, 11) is 0. The van der Waals surface area contributed by atoms with E-state index in [0.717, 1.165) is 32.4 Å². The number of carbonyl (C=O) groups is 1. The molecule has 0 spiro atoms. The zero-order valence-corrected chi connectivity index (χ0v) is 11.4. The molecule has 1 unspecified atom stereocenters. The van der Waals surface area contributed by atoms with Gasteiger partial charge in [-0.1, -0.05) is 27.7 Å². The van der Waals surface area contributed by atoms with Gasteiger partial charge < -0.3 is 4.90 Å². The number of rotatable bonds is 4. The maximum absolute atomic E-state index is 11.9. The van der Waals surface area contributed by atoms with Gasteiger partial charge in [-0.25, -0.2) is 0 Å². The van der Waals surface area contributed by atoms with Crippen LogP contribution in [0.1, 0.15) is 53.4 Å². The Morgan fingerprint density at radius 1 is 1.38 bits per heavy atom. The quantitative estimate of drug-likeness (QED) is 0.732. The van der Waals surface area contributed by atoms with Crippen molar-refractivity contribution in [3.8, 4) is 0 Å². The fourth-order valence-corrected chi connectivity index (χ4v) is 2.58. The molecule has 0 radical (unpaired) electrons. The van der Waals surface area contributed by atoms with Crippen molar-refractivity contribution in [2.45, 2.75) is 53.4 Å². The highest BCUT2D eigenvalue weighted by Crippen LogP contribution is 2.23. The number of piperidine rings is 1. The molecule has 94 valence electrons. The average molecular weight is 225 g/mol. The summed E-state index contributed by atoms with van der Waals surface area (Å²) in [6.07, 6.45) is 4.07. The van der Waals surface area contributed by atoms with Gasteiger partial charge in [0.2, 0.25) is 0 Å². The van der Waals surface area contributed by atoms with Crippen molar-refractivity contribution < 1.29 is 4.79 Å². The predicted octanol–water partition coefficient (Wildman–Crippen LogP) is 3.11. The highest BCUT2D eigenvalue weighted by Gasteiger charge is 2.27. The van der Waals surface area contributed by atoms with Crippen LogP contribution in [0.4, 0.5) is 0 Å². The van der Waals surface area contributed by atoms with Crippen molar-refractivity contribution in [1.82, 2.24) is 4.90 Å². The summed E-state index contributed by atoms with van der Waals surface area (Å²) >= 11 is 0. The van der Waals surface area contributed by atoms with Gasteiger partial charge in [0.15, 0.2) is 0 Å². The van der Waals surface area contributed by atoms with E-state index in [0.29, 0.717) is 17.1 Å². The van der Waals surface area contributed by atoms with Crippen molar-refractivity contribution in [3.05, 3.63) is 0 Å². The Bertz CT molecular complexity index is 229. The Morgan fingerprint density at radius 3 is 2.62 bits per heavy atom. The van der Waals surface area contributed by atoms with E-state index in [-0.39, 0.29) is 0 Å². The average Bonchev–Trinajstić information content (AvgIpc) is 2.16. The van der Waals surface area contributed by atoms with Crippen molar-refractivity contribution in [2.24, 2.45) is 11.3 Å². The first kappa shape index (κ1) is 13.7. The van der Waals surface area contributed by atoms with E-state index < -0.39 is 0 Å². The minimum atomic E-state index is 0.316. The molecule has 1 atom stereocenters. The molecule has 0 aromatic rings. The highest BCUT2D eigenvalue weighted by molar-refractivity contribution is 5.81. The van der Waals surface area contributed by atoms with E-state index in [4.69, 9.17) is 0 Å². The summed E-state index contributed by atoms with van der Waals surface area (Å²) in [6, 6.07) is 0. The number of carbonyl (C=O) groups excluding carboxylic acids is 1. The lowest BCUT2D eigenvalue weighted by molar-refractivity contribution is -0.124. The number of likely N-dealkylation sites (tertiary alicyclic amines) is 1. The highest BCUT2D eigenvalue weighted by atomic mass is 16.1. The van der Waals surface area contributed by atoms with E-state index in [2.05, 4.69) is 32.6 Å². The standard InChI is InChI=1S/C14H27NO/c1-5-7-13(16)12-8-6-9-15(10-12)11-14(2,3)4/h12H,5-11H2,1-4H3. The summed E-state index contributed by atoms with van der Waals surface area (Å²) in [4.78, 5) is 14.4. The first-order valence-corrected chi connectivity index (χ1v) is 6.67. The van der Waals surface area contributed by atoms with Crippen LogP contribution in [0, 0.1) is 11.3 Å². The molecule has 0 amide bonds.